The van der Waals surface area contributed by atoms with Crippen molar-refractivity contribution in [2.45, 2.75) is 24.3 Å². The van der Waals surface area contributed by atoms with Crippen molar-refractivity contribution in [2.24, 2.45) is 0 Å². The van der Waals surface area contributed by atoms with Gasteiger partial charge in [-0.1, -0.05) is 30.3 Å². The number of hydrogen-bond acceptors (Lipinski definition) is 5. The third kappa shape index (κ3) is 4.12. The molecular weight excluding hydrogens is 378 g/mol. The molecule has 0 radical (unpaired) electrons. The molecule has 0 aromatic heterocycles. The first-order valence-corrected chi connectivity index (χ1v) is 9.80. The molecule has 8 heteroatoms. The van der Waals surface area contributed by atoms with Crippen molar-refractivity contribution < 1.29 is 19.1 Å². The van der Waals surface area contributed by atoms with E-state index in [1.165, 1.54) is 11.8 Å². The second kappa shape index (κ2) is 8.35. The number of carbonyl (C=O) groups is 3. The van der Waals surface area contributed by atoms with Gasteiger partial charge < -0.3 is 10.1 Å². The maximum atomic E-state index is 12.8. The summed E-state index contributed by atoms with van der Waals surface area (Å²) in [6.07, 6.45) is 0. The van der Waals surface area contributed by atoms with Crippen molar-refractivity contribution in [3.8, 4) is 5.75 Å². The zero-order chi connectivity index (χ0) is 20.1. The van der Waals surface area contributed by atoms with E-state index in [0.29, 0.717) is 12.2 Å². The highest BCUT2D eigenvalue weighted by molar-refractivity contribution is 8.00. The summed E-state index contributed by atoms with van der Waals surface area (Å²) in [4.78, 5) is 38.1. The van der Waals surface area contributed by atoms with Crippen molar-refractivity contribution in [3.63, 3.8) is 0 Å². The molecule has 1 unspecified atom stereocenters. The number of imide groups is 1. The monoisotopic (exact) mass is 399 g/mol. The van der Waals surface area contributed by atoms with Crippen LogP contribution in [0.3, 0.4) is 0 Å². The Morgan fingerprint density at radius 3 is 2.46 bits per heavy atom. The average Bonchev–Trinajstić information content (AvgIpc) is 2.92. The highest BCUT2D eigenvalue weighted by Gasteiger charge is 2.49. The van der Waals surface area contributed by atoms with Crippen LogP contribution >= 0.6 is 11.8 Å². The largest absolute Gasteiger partial charge is 0.494 e. The lowest BCUT2D eigenvalue weighted by molar-refractivity contribution is -0.138. The number of hydrogen-bond donors (Lipinski definition) is 2. The first-order valence-electron chi connectivity index (χ1n) is 8.81. The van der Waals surface area contributed by atoms with Crippen molar-refractivity contribution in [1.29, 1.82) is 0 Å². The van der Waals surface area contributed by atoms with E-state index in [2.05, 4.69) is 10.7 Å². The lowest BCUT2D eigenvalue weighted by Crippen LogP contribution is -2.48. The van der Waals surface area contributed by atoms with Crippen molar-refractivity contribution in [2.75, 3.05) is 12.4 Å². The first-order chi connectivity index (χ1) is 13.4. The molecule has 1 aliphatic heterocycles. The van der Waals surface area contributed by atoms with Crippen LogP contribution in [0.5, 0.6) is 5.75 Å². The SMILES string of the molecule is CCOc1ccc(SCC(=O)NN2C(=O)NC(C)(c3ccccc3)C2=O)cc1. The van der Waals surface area contributed by atoms with Crippen LogP contribution in [0.1, 0.15) is 19.4 Å². The molecule has 1 fully saturated rings. The number of benzene rings is 2. The van der Waals surface area contributed by atoms with E-state index >= 15 is 0 Å². The minimum atomic E-state index is -1.21. The molecule has 4 amide bonds. The number of carbonyl (C=O) groups excluding carboxylic acids is 3. The standard InChI is InChI=1S/C20H21N3O4S/c1-3-27-15-9-11-16(12-10-15)28-13-17(24)22-23-18(25)20(2,21-19(23)26)14-7-5-4-6-8-14/h4-12H,3,13H2,1-2H3,(H,21,26)(H,22,24). The van der Waals surface area contributed by atoms with Gasteiger partial charge >= 0.3 is 6.03 Å². The molecule has 1 atom stereocenters. The van der Waals surface area contributed by atoms with Crippen LogP contribution in [-0.2, 0) is 15.1 Å². The molecule has 1 heterocycles. The van der Waals surface area contributed by atoms with Crippen LogP contribution in [0.2, 0.25) is 0 Å². The zero-order valence-corrected chi connectivity index (χ0v) is 16.4. The van der Waals surface area contributed by atoms with Gasteiger partial charge in [0.2, 0.25) is 5.91 Å². The number of hydrazine groups is 1. The van der Waals surface area contributed by atoms with Crippen molar-refractivity contribution in [3.05, 3.63) is 60.2 Å². The van der Waals surface area contributed by atoms with E-state index in [1.807, 2.05) is 37.3 Å². The highest BCUT2D eigenvalue weighted by atomic mass is 32.2. The summed E-state index contributed by atoms with van der Waals surface area (Å²) in [7, 11) is 0. The molecule has 2 N–H and O–H groups in total. The molecule has 0 aliphatic carbocycles. The smallest absolute Gasteiger partial charge is 0.344 e. The van der Waals surface area contributed by atoms with Crippen LogP contribution in [-0.4, -0.2) is 35.2 Å². The maximum Gasteiger partial charge on any atom is 0.344 e. The van der Waals surface area contributed by atoms with E-state index < -0.39 is 23.4 Å². The number of thioether (sulfide) groups is 1. The molecule has 2 aromatic carbocycles. The van der Waals surface area contributed by atoms with Gasteiger partial charge in [-0.15, -0.1) is 11.8 Å². The number of nitrogens with zero attached hydrogens (tertiary/aromatic N) is 1. The first kappa shape index (κ1) is 19.8. The minimum absolute atomic E-state index is 0.0626. The Balaban J connectivity index is 1.59. The predicted molar refractivity (Wildman–Crippen MR) is 106 cm³/mol. The van der Waals surface area contributed by atoms with Gasteiger partial charge in [0.1, 0.15) is 11.3 Å². The van der Waals surface area contributed by atoms with Gasteiger partial charge in [-0.2, -0.15) is 5.01 Å². The van der Waals surface area contributed by atoms with Gasteiger partial charge in [0.05, 0.1) is 12.4 Å². The fraction of sp³-hybridized carbons (Fsp3) is 0.250. The van der Waals surface area contributed by atoms with Crippen LogP contribution in [0, 0.1) is 0 Å². The summed E-state index contributed by atoms with van der Waals surface area (Å²) < 4.78 is 5.38. The van der Waals surface area contributed by atoms with Gasteiger partial charge in [0.15, 0.2) is 0 Å². The minimum Gasteiger partial charge on any atom is -0.494 e. The van der Waals surface area contributed by atoms with Crippen LogP contribution < -0.4 is 15.5 Å². The Morgan fingerprint density at radius 2 is 1.82 bits per heavy atom. The van der Waals surface area contributed by atoms with Gasteiger partial charge in [0.25, 0.3) is 5.91 Å². The summed E-state index contributed by atoms with van der Waals surface area (Å²) in [6.45, 7) is 4.11. The third-order valence-corrected chi connectivity index (χ3v) is 5.30. The van der Waals surface area contributed by atoms with E-state index in [9.17, 15) is 14.4 Å². The van der Waals surface area contributed by atoms with Crippen LogP contribution in [0.4, 0.5) is 4.79 Å². The van der Waals surface area contributed by atoms with Gasteiger partial charge in [0, 0.05) is 4.90 Å². The van der Waals surface area contributed by atoms with Gasteiger partial charge in [-0.05, 0) is 43.7 Å². The van der Waals surface area contributed by atoms with E-state index in [-0.39, 0.29) is 5.75 Å². The van der Waals surface area contributed by atoms with E-state index in [4.69, 9.17) is 4.74 Å². The normalized spacial score (nSPS) is 18.7. The van der Waals surface area contributed by atoms with E-state index in [1.54, 1.807) is 31.2 Å². The molecular formula is C20H21N3O4S. The molecule has 2 aromatic rings. The van der Waals surface area contributed by atoms with Crippen molar-refractivity contribution in [1.82, 2.24) is 15.8 Å². The fourth-order valence-corrected chi connectivity index (χ4v) is 3.50. The molecule has 0 spiro atoms. The number of urea groups is 1. The molecule has 1 saturated heterocycles. The molecule has 146 valence electrons. The Morgan fingerprint density at radius 1 is 1.14 bits per heavy atom. The molecule has 7 nitrogen and oxygen atoms in total. The van der Waals surface area contributed by atoms with Gasteiger partial charge in [-0.25, -0.2) is 4.79 Å². The molecule has 1 aliphatic rings. The summed E-state index contributed by atoms with van der Waals surface area (Å²) in [5.41, 5.74) is 1.83. The summed E-state index contributed by atoms with van der Waals surface area (Å²) >= 11 is 1.30. The maximum absolute atomic E-state index is 12.8. The Hall–Kier alpha value is -3.00. The summed E-state index contributed by atoms with van der Waals surface area (Å²) in [6, 6.07) is 15.6. The van der Waals surface area contributed by atoms with Crippen molar-refractivity contribution >= 4 is 29.6 Å². The predicted octanol–water partition coefficient (Wildman–Crippen LogP) is 2.68. The topological polar surface area (TPSA) is 87.7 Å². The zero-order valence-electron chi connectivity index (χ0n) is 15.6. The number of ether oxygens (including phenoxy) is 1. The Labute approximate surface area is 167 Å². The number of amides is 4. The summed E-state index contributed by atoms with van der Waals surface area (Å²) in [5, 5.41) is 3.39. The third-order valence-electron chi connectivity index (χ3n) is 4.28. The highest BCUT2D eigenvalue weighted by Crippen LogP contribution is 2.28. The second-order valence-corrected chi connectivity index (χ2v) is 7.34. The molecule has 0 saturated carbocycles. The molecule has 28 heavy (non-hydrogen) atoms. The quantitative estimate of drug-likeness (QED) is 0.552. The Kier molecular flexibility index (Phi) is 5.89. The van der Waals surface area contributed by atoms with Crippen LogP contribution in [0.15, 0.2) is 59.5 Å². The second-order valence-electron chi connectivity index (χ2n) is 6.29. The van der Waals surface area contributed by atoms with E-state index in [0.717, 1.165) is 15.7 Å². The Bertz CT molecular complexity index is 873. The number of nitrogens with one attached hydrogen (secondary N) is 2. The lowest BCUT2D eigenvalue weighted by Gasteiger charge is -2.22. The lowest BCUT2D eigenvalue weighted by atomic mass is 9.92. The molecule has 3 rings (SSSR count). The molecule has 0 bridgehead atoms. The fourth-order valence-electron chi connectivity index (χ4n) is 2.81. The number of rotatable bonds is 7. The van der Waals surface area contributed by atoms with Gasteiger partial charge in [-0.3, -0.25) is 15.0 Å². The average molecular weight is 399 g/mol. The summed E-state index contributed by atoms with van der Waals surface area (Å²) in [5.74, 6) is -0.147. The van der Waals surface area contributed by atoms with Crippen LogP contribution in [0.25, 0.3) is 0 Å².